The number of hydrogen-bond acceptors (Lipinski definition) is 1. The van der Waals surface area contributed by atoms with E-state index in [1.807, 2.05) is 13.8 Å². The van der Waals surface area contributed by atoms with Crippen molar-refractivity contribution in [2.24, 2.45) is 0 Å². The van der Waals surface area contributed by atoms with Gasteiger partial charge in [-0.15, -0.1) is 6.58 Å². The van der Waals surface area contributed by atoms with Gasteiger partial charge < -0.3 is 5.32 Å². The lowest BCUT2D eigenvalue weighted by Crippen LogP contribution is -2.27. The van der Waals surface area contributed by atoms with Crippen LogP contribution in [0.2, 0.25) is 0 Å². The number of nitrogens with one attached hydrogen (secondary N) is 1. The largest absolute Gasteiger partial charge is 0.304 e. The van der Waals surface area contributed by atoms with E-state index >= 15 is 0 Å². The van der Waals surface area contributed by atoms with Crippen LogP contribution in [0.4, 0.5) is 8.78 Å². The average molecular weight is 211 g/mol. The molecule has 1 aromatic carbocycles. The van der Waals surface area contributed by atoms with E-state index in [0.29, 0.717) is 0 Å². The summed E-state index contributed by atoms with van der Waals surface area (Å²) in [5.74, 6) is -1.63. The summed E-state index contributed by atoms with van der Waals surface area (Å²) in [4.78, 5) is 0. The molecule has 0 aliphatic carbocycles. The van der Waals surface area contributed by atoms with Crippen LogP contribution in [0.5, 0.6) is 0 Å². The zero-order valence-electron chi connectivity index (χ0n) is 8.93. The summed E-state index contributed by atoms with van der Waals surface area (Å²) in [5.41, 5.74) is 0.725. The summed E-state index contributed by atoms with van der Waals surface area (Å²) < 4.78 is 25.6. The molecule has 1 aromatic rings. The van der Waals surface area contributed by atoms with Gasteiger partial charge in [-0.3, -0.25) is 0 Å². The Bertz CT molecular complexity index is 349. The topological polar surface area (TPSA) is 12.0 Å². The standard InChI is InChI=1S/C12H15F2N/c1-4-8(2)15-9(3)10-5-6-11(13)12(14)7-10/h4-9,15H,1H2,2-3H3. The molecule has 2 atom stereocenters. The second-order valence-corrected chi connectivity index (χ2v) is 3.59. The third-order valence-corrected chi connectivity index (χ3v) is 2.31. The van der Waals surface area contributed by atoms with E-state index in [4.69, 9.17) is 0 Å². The minimum Gasteiger partial charge on any atom is -0.304 e. The van der Waals surface area contributed by atoms with Gasteiger partial charge in [0.2, 0.25) is 0 Å². The van der Waals surface area contributed by atoms with E-state index in [-0.39, 0.29) is 12.1 Å². The molecule has 3 heteroatoms. The van der Waals surface area contributed by atoms with Crippen molar-refractivity contribution in [3.63, 3.8) is 0 Å². The summed E-state index contributed by atoms with van der Waals surface area (Å²) >= 11 is 0. The quantitative estimate of drug-likeness (QED) is 0.754. The van der Waals surface area contributed by atoms with E-state index in [9.17, 15) is 8.78 Å². The molecule has 0 aliphatic rings. The molecule has 0 saturated heterocycles. The molecule has 0 bridgehead atoms. The Labute approximate surface area is 88.8 Å². The maximum absolute atomic E-state index is 12.9. The van der Waals surface area contributed by atoms with Gasteiger partial charge in [-0.05, 0) is 31.5 Å². The summed E-state index contributed by atoms with van der Waals surface area (Å²) in [5, 5.41) is 3.19. The van der Waals surface area contributed by atoms with Crippen LogP contribution >= 0.6 is 0 Å². The van der Waals surface area contributed by atoms with E-state index < -0.39 is 11.6 Å². The normalized spacial score (nSPS) is 14.7. The number of benzene rings is 1. The van der Waals surface area contributed by atoms with Gasteiger partial charge in [0.1, 0.15) is 0 Å². The van der Waals surface area contributed by atoms with Crippen LogP contribution in [-0.2, 0) is 0 Å². The molecule has 0 spiro atoms. The van der Waals surface area contributed by atoms with Crippen molar-refractivity contribution in [1.29, 1.82) is 0 Å². The van der Waals surface area contributed by atoms with E-state index in [1.54, 1.807) is 12.1 Å². The SMILES string of the molecule is C=CC(C)NC(C)c1ccc(F)c(F)c1. The van der Waals surface area contributed by atoms with Gasteiger partial charge in [-0.25, -0.2) is 8.78 Å². The molecule has 0 radical (unpaired) electrons. The van der Waals surface area contributed by atoms with Gasteiger partial charge in [0.05, 0.1) is 0 Å². The van der Waals surface area contributed by atoms with E-state index in [1.165, 1.54) is 6.07 Å². The van der Waals surface area contributed by atoms with E-state index in [0.717, 1.165) is 11.6 Å². The number of rotatable bonds is 4. The monoisotopic (exact) mass is 211 g/mol. The predicted molar refractivity (Wildman–Crippen MR) is 57.6 cm³/mol. The molecule has 1 N–H and O–H groups in total. The predicted octanol–water partition coefficient (Wildman–Crippen LogP) is 3.19. The van der Waals surface area contributed by atoms with E-state index in [2.05, 4.69) is 11.9 Å². The van der Waals surface area contributed by atoms with Crippen LogP contribution < -0.4 is 5.32 Å². The lowest BCUT2D eigenvalue weighted by molar-refractivity contribution is 0.496. The molecule has 0 aromatic heterocycles. The number of halogens is 2. The van der Waals surface area contributed by atoms with Crippen LogP contribution in [0.1, 0.15) is 25.5 Å². The van der Waals surface area contributed by atoms with Crippen LogP contribution in [0.25, 0.3) is 0 Å². The molecule has 0 aliphatic heterocycles. The first-order valence-corrected chi connectivity index (χ1v) is 4.88. The molecule has 1 rings (SSSR count). The molecule has 0 amide bonds. The zero-order chi connectivity index (χ0) is 11.4. The Morgan fingerprint density at radius 1 is 1.27 bits per heavy atom. The molecule has 0 saturated carbocycles. The summed E-state index contributed by atoms with van der Waals surface area (Å²) in [6.07, 6.45) is 1.76. The Morgan fingerprint density at radius 3 is 2.47 bits per heavy atom. The number of hydrogen-bond donors (Lipinski definition) is 1. The fraction of sp³-hybridized carbons (Fsp3) is 0.333. The fourth-order valence-electron chi connectivity index (χ4n) is 1.34. The maximum atomic E-state index is 12.9. The minimum absolute atomic E-state index is 0.0342. The van der Waals surface area contributed by atoms with Gasteiger partial charge in [0.25, 0.3) is 0 Å². The van der Waals surface area contributed by atoms with Crippen LogP contribution in [0.15, 0.2) is 30.9 Å². The van der Waals surface area contributed by atoms with Gasteiger partial charge in [-0.1, -0.05) is 12.1 Å². The Morgan fingerprint density at radius 2 is 1.93 bits per heavy atom. The third-order valence-electron chi connectivity index (χ3n) is 2.31. The second kappa shape index (κ2) is 5.03. The first-order chi connectivity index (χ1) is 7.04. The highest BCUT2D eigenvalue weighted by Crippen LogP contribution is 2.16. The Kier molecular flexibility index (Phi) is 3.97. The molecule has 0 heterocycles. The first-order valence-electron chi connectivity index (χ1n) is 4.88. The molecule has 2 unspecified atom stereocenters. The highest BCUT2D eigenvalue weighted by atomic mass is 19.2. The highest BCUT2D eigenvalue weighted by molar-refractivity contribution is 5.21. The summed E-state index contributed by atoms with van der Waals surface area (Å²) in [6.45, 7) is 7.49. The highest BCUT2D eigenvalue weighted by Gasteiger charge is 2.09. The molecule has 15 heavy (non-hydrogen) atoms. The van der Waals surface area contributed by atoms with Crippen molar-refractivity contribution in [3.05, 3.63) is 48.1 Å². The van der Waals surface area contributed by atoms with Gasteiger partial charge >= 0.3 is 0 Å². The first kappa shape index (κ1) is 11.9. The fourth-order valence-corrected chi connectivity index (χ4v) is 1.34. The van der Waals surface area contributed by atoms with Crippen LogP contribution in [0, 0.1) is 11.6 Å². The molecular weight excluding hydrogens is 196 g/mol. The zero-order valence-corrected chi connectivity index (χ0v) is 8.93. The van der Waals surface area contributed by atoms with Crippen molar-refractivity contribution in [2.75, 3.05) is 0 Å². The van der Waals surface area contributed by atoms with Crippen molar-refractivity contribution < 1.29 is 8.78 Å². The van der Waals surface area contributed by atoms with Crippen molar-refractivity contribution in [2.45, 2.75) is 25.9 Å². The lowest BCUT2D eigenvalue weighted by atomic mass is 10.1. The van der Waals surface area contributed by atoms with Crippen molar-refractivity contribution in [3.8, 4) is 0 Å². The molecular formula is C12H15F2N. The lowest BCUT2D eigenvalue weighted by Gasteiger charge is -2.17. The van der Waals surface area contributed by atoms with Crippen LogP contribution in [-0.4, -0.2) is 6.04 Å². The van der Waals surface area contributed by atoms with Crippen molar-refractivity contribution >= 4 is 0 Å². The van der Waals surface area contributed by atoms with Crippen molar-refractivity contribution in [1.82, 2.24) is 5.32 Å². The molecule has 1 nitrogen and oxygen atoms in total. The van der Waals surface area contributed by atoms with Gasteiger partial charge in [-0.2, -0.15) is 0 Å². The maximum Gasteiger partial charge on any atom is 0.159 e. The summed E-state index contributed by atoms with van der Waals surface area (Å²) in [7, 11) is 0. The smallest absolute Gasteiger partial charge is 0.159 e. The Hall–Kier alpha value is -1.22. The third kappa shape index (κ3) is 3.13. The van der Waals surface area contributed by atoms with Crippen LogP contribution in [0.3, 0.4) is 0 Å². The van der Waals surface area contributed by atoms with Gasteiger partial charge in [0, 0.05) is 12.1 Å². The summed E-state index contributed by atoms with van der Waals surface area (Å²) in [6, 6.07) is 4.03. The average Bonchev–Trinajstić information content (AvgIpc) is 2.21. The Balaban J connectivity index is 2.77. The molecule has 82 valence electrons. The molecule has 0 fully saturated rings. The van der Waals surface area contributed by atoms with Gasteiger partial charge in [0.15, 0.2) is 11.6 Å². The minimum atomic E-state index is -0.817. The second-order valence-electron chi connectivity index (χ2n) is 3.59.